The summed E-state index contributed by atoms with van der Waals surface area (Å²) in [4.78, 5) is 39.1. The van der Waals surface area contributed by atoms with Crippen LogP contribution in [-0.2, 0) is 30.3 Å². The quantitative estimate of drug-likeness (QED) is 0.541. The largest absolute Gasteiger partial charge is 0.464 e. The second kappa shape index (κ2) is 9.24. The van der Waals surface area contributed by atoms with Gasteiger partial charge in [0.15, 0.2) is 0 Å². The Morgan fingerprint density at radius 3 is 2.38 bits per heavy atom. The van der Waals surface area contributed by atoms with Crippen molar-refractivity contribution < 1.29 is 23.9 Å². The molecule has 0 aliphatic carbocycles. The highest BCUT2D eigenvalue weighted by Gasteiger charge is 2.31. The number of esters is 2. The van der Waals surface area contributed by atoms with E-state index in [4.69, 9.17) is 21.1 Å². The third-order valence-electron chi connectivity index (χ3n) is 3.61. The number of carbonyl (C=O) groups is 3. The lowest BCUT2D eigenvalue weighted by Crippen LogP contribution is -2.48. The van der Waals surface area contributed by atoms with Gasteiger partial charge in [-0.1, -0.05) is 17.7 Å². The fourth-order valence-electron chi connectivity index (χ4n) is 2.44. The number of halogens is 1. The number of H-pyrrole nitrogens is 1. The molecule has 7 nitrogen and oxygen atoms in total. The van der Waals surface area contributed by atoms with Crippen LogP contribution < -0.4 is 5.32 Å². The van der Waals surface area contributed by atoms with Crippen LogP contribution in [0.25, 0.3) is 10.9 Å². The van der Waals surface area contributed by atoms with Crippen molar-refractivity contribution >= 4 is 40.3 Å². The van der Waals surface area contributed by atoms with Crippen LogP contribution in [0, 0.1) is 0 Å². The molecule has 1 aromatic heterocycles. The van der Waals surface area contributed by atoms with E-state index in [2.05, 4.69) is 10.3 Å². The molecule has 0 radical (unpaired) electrons. The average Bonchev–Trinajstić information content (AvgIpc) is 3.00. The predicted octanol–water partition coefficient (Wildman–Crippen LogP) is 2.36. The second-order valence-electron chi connectivity index (χ2n) is 5.53. The van der Waals surface area contributed by atoms with E-state index in [0.29, 0.717) is 11.4 Å². The smallest absolute Gasteiger partial charge is 0.340 e. The van der Waals surface area contributed by atoms with Gasteiger partial charge in [0.05, 0.1) is 13.2 Å². The summed E-state index contributed by atoms with van der Waals surface area (Å²) >= 11 is 5.95. The lowest BCUT2D eigenvalue weighted by Gasteiger charge is -2.15. The average molecular weight is 381 g/mol. The summed E-state index contributed by atoms with van der Waals surface area (Å²) in [6, 6.07) is 5.95. The van der Waals surface area contributed by atoms with E-state index < -0.39 is 23.9 Å². The molecule has 0 aliphatic heterocycles. The summed E-state index contributed by atoms with van der Waals surface area (Å²) in [6.45, 7) is 3.43. The number of carbonyl (C=O) groups excluding carboxylic acids is 3. The van der Waals surface area contributed by atoms with E-state index >= 15 is 0 Å². The Balaban J connectivity index is 1.97. The van der Waals surface area contributed by atoms with Crippen molar-refractivity contribution in [2.24, 2.45) is 0 Å². The fourth-order valence-corrected chi connectivity index (χ4v) is 2.61. The number of benzene rings is 1. The zero-order valence-electron chi connectivity index (χ0n) is 14.6. The minimum Gasteiger partial charge on any atom is -0.464 e. The minimum absolute atomic E-state index is 0.0931. The number of nitrogens with one attached hydrogen (secondary N) is 2. The molecule has 140 valence electrons. The maximum absolute atomic E-state index is 12.2. The summed E-state index contributed by atoms with van der Waals surface area (Å²) in [5.74, 6) is -2.12. The maximum atomic E-state index is 12.2. The molecule has 1 amide bonds. The third kappa shape index (κ3) is 5.23. The van der Waals surface area contributed by atoms with Gasteiger partial charge in [-0.2, -0.15) is 0 Å². The number of aromatic nitrogens is 1. The molecular formula is C18H21ClN2O5. The van der Waals surface area contributed by atoms with Crippen molar-refractivity contribution in [3.05, 3.63) is 35.0 Å². The number of fused-ring (bicyclic) bond motifs is 1. The Kier molecular flexibility index (Phi) is 7.03. The highest BCUT2D eigenvalue weighted by atomic mass is 35.5. The first-order chi connectivity index (χ1) is 12.4. The minimum atomic E-state index is -1.45. The summed E-state index contributed by atoms with van der Waals surface area (Å²) in [5.41, 5.74) is 1.73. The van der Waals surface area contributed by atoms with E-state index in [-0.39, 0.29) is 19.6 Å². The summed E-state index contributed by atoms with van der Waals surface area (Å²) in [7, 11) is 0. The lowest BCUT2D eigenvalue weighted by atomic mass is 10.2. The van der Waals surface area contributed by atoms with Gasteiger partial charge in [0, 0.05) is 22.7 Å². The standard InChI is InChI=1S/C18H21ClN2O5/c1-3-25-17(23)16(18(24)26-4-2)21-15(22)8-7-13-9-11-5-6-12(19)10-14(11)20-13/h5-6,9-10,16,20H,3-4,7-8H2,1-2H3,(H,21,22). The Bertz CT molecular complexity index is 784. The van der Waals surface area contributed by atoms with Crippen LogP contribution in [0.1, 0.15) is 26.0 Å². The van der Waals surface area contributed by atoms with E-state index in [9.17, 15) is 14.4 Å². The number of aromatic amines is 1. The molecule has 0 spiro atoms. The molecular weight excluding hydrogens is 360 g/mol. The predicted molar refractivity (Wildman–Crippen MR) is 96.8 cm³/mol. The first kappa shape index (κ1) is 19.8. The molecule has 0 fully saturated rings. The molecule has 0 aliphatic rings. The van der Waals surface area contributed by atoms with Crippen LogP contribution in [0.2, 0.25) is 5.02 Å². The molecule has 2 aromatic rings. The monoisotopic (exact) mass is 380 g/mol. The zero-order chi connectivity index (χ0) is 19.1. The zero-order valence-corrected chi connectivity index (χ0v) is 15.4. The number of rotatable bonds is 8. The van der Waals surface area contributed by atoms with E-state index in [1.54, 1.807) is 26.0 Å². The van der Waals surface area contributed by atoms with Gasteiger partial charge in [0.1, 0.15) is 0 Å². The Hall–Kier alpha value is -2.54. The van der Waals surface area contributed by atoms with Gasteiger partial charge in [0.25, 0.3) is 0 Å². The molecule has 26 heavy (non-hydrogen) atoms. The van der Waals surface area contributed by atoms with E-state index in [1.165, 1.54) is 0 Å². The number of amides is 1. The van der Waals surface area contributed by atoms with Crippen molar-refractivity contribution in [1.29, 1.82) is 0 Å². The van der Waals surface area contributed by atoms with Crippen LogP contribution in [-0.4, -0.2) is 42.1 Å². The van der Waals surface area contributed by atoms with Gasteiger partial charge in [-0.15, -0.1) is 0 Å². The van der Waals surface area contributed by atoms with Crippen LogP contribution in [0.3, 0.4) is 0 Å². The van der Waals surface area contributed by atoms with Gasteiger partial charge >= 0.3 is 11.9 Å². The number of ether oxygens (including phenoxy) is 2. The molecule has 0 unspecified atom stereocenters. The van der Waals surface area contributed by atoms with Gasteiger partial charge < -0.3 is 19.8 Å². The number of hydrogen-bond acceptors (Lipinski definition) is 5. The maximum Gasteiger partial charge on any atom is 0.340 e. The molecule has 0 saturated heterocycles. The van der Waals surface area contributed by atoms with E-state index in [1.807, 2.05) is 12.1 Å². The van der Waals surface area contributed by atoms with E-state index in [0.717, 1.165) is 16.6 Å². The van der Waals surface area contributed by atoms with Crippen LogP contribution in [0.15, 0.2) is 24.3 Å². The van der Waals surface area contributed by atoms with Gasteiger partial charge in [-0.3, -0.25) is 4.79 Å². The first-order valence-electron chi connectivity index (χ1n) is 8.34. The van der Waals surface area contributed by atoms with Crippen molar-refractivity contribution in [3.63, 3.8) is 0 Å². The molecule has 2 N–H and O–H groups in total. The Morgan fingerprint density at radius 1 is 1.12 bits per heavy atom. The topological polar surface area (TPSA) is 97.5 Å². The molecule has 0 atom stereocenters. The summed E-state index contributed by atoms with van der Waals surface area (Å²) in [5, 5.41) is 3.98. The van der Waals surface area contributed by atoms with Crippen LogP contribution >= 0.6 is 11.6 Å². The van der Waals surface area contributed by atoms with Crippen molar-refractivity contribution in [3.8, 4) is 0 Å². The first-order valence-corrected chi connectivity index (χ1v) is 8.72. The number of hydrogen-bond donors (Lipinski definition) is 2. The lowest BCUT2D eigenvalue weighted by molar-refractivity contribution is -0.159. The summed E-state index contributed by atoms with van der Waals surface area (Å²) < 4.78 is 9.63. The highest BCUT2D eigenvalue weighted by Crippen LogP contribution is 2.20. The van der Waals surface area contributed by atoms with Crippen molar-refractivity contribution in [1.82, 2.24) is 10.3 Å². The molecule has 0 saturated carbocycles. The molecule has 1 aromatic carbocycles. The number of aryl methyl sites for hydroxylation is 1. The van der Waals surface area contributed by atoms with Gasteiger partial charge in [-0.25, -0.2) is 9.59 Å². The fraction of sp³-hybridized carbons (Fsp3) is 0.389. The van der Waals surface area contributed by atoms with Gasteiger partial charge in [0.2, 0.25) is 11.9 Å². The second-order valence-corrected chi connectivity index (χ2v) is 5.97. The molecule has 8 heteroatoms. The summed E-state index contributed by atoms with van der Waals surface area (Å²) in [6.07, 6.45) is 0.506. The Morgan fingerprint density at radius 2 is 1.77 bits per heavy atom. The van der Waals surface area contributed by atoms with Crippen molar-refractivity contribution in [2.75, 3.05) is 13.2 Å². The van der Waals surface area contributed by atoms with Crippen LogP contribution in [0.5, 0.6) is 0 Å². The van der Waals surface area contributed by atoms with Gasteiger partial charge in [-0.05, 0) is 43.9 Å². The van der Waals surface area contributed by atoms with Crippen molar-refractivity contribution in [2.45, 2.75) is 32.7 Å². The normalized spacial score (nSPS) is 10.8. The molecule has 0 bridgehead atoms. The third-order valence-corrected chi connectivity index (χ3v) is 3.85. The van der Waals surface area contributed by atoms with Crippen LogP contribution in [0.4, 0.5) is 0 Å². The SMILES string of the molecule is CCOC(=O)C(NC(=O)CCc1cc2ccc(Cl)cc2[nH]1)C(=O)OCC. The highest BCUT2D eigenvalue weighted by molar-refractivity contribution is 6.31. The molecule has 2 rings (SSSR count). The Labute approximate surface area is 156 Å². The molecule has 1 heterocycles.